The van der Waals surface area contributed by atoms with E-state index in [0.29, 0.717) is 11.6 Å². The van der Waals surface area contributed by atoms with Crippen molar-refractivity contribution < 1.29 is 4.79 Å². The van der Waals surface area contributed by atoms with Gasteiger partial charge in [-0.1, -0.05) is 42.8 Å². The lowest BCUT2D eigenvalue weighted by Crippen LogP contribution is -2.42. The number of nitrogens with zero attached hydrogens (tertiary/aromatic N) is 1. The molecular weight excluding hydrogens is 346 g/mol. The lowest BCUT2D eigenvalue weighted by atomic mass is 9.96. The van der Waals surface area contributed by atoms with Gasteiger partial charge in [-0.15, -0.1) is 0 Å². The molecule has 2 aromatic carbocycles. The number of hydrogen-bond donors (Lipinski definition) is 2. The summed E-state index contributed by atoms with van der Waals surface area (Å²) in [5, 5.41) is 4.93. The highest BCUT2D eigenvalue weighted by Gasteiger charge is 2.32. The summed E-state index contributed by atoms with van der Waals surface area (Å²) in [7, 11) is 0. The van der Waals surface area contributed by atoms with Crippen molar-refractivity contribution in [3.05, 3.63) is 64.3 Å². The first-order valence-electron chi connectivity index (χ1n) is 9.01. The van der Waals surface area contributed by atoms with Crippen LogP contribution in [-0.2, 0) is 6.42 Å². The maximum Gasteiger partial charge on any atom is 0.322 e. The Labute approximate surface area is 158 Å². The lowest BCUT2D eigenvalue weighted by molar-refractivity contribution is 0.179. The average molecular weight is 368 g/mol. The number of benzene rings is 2. The van der Waals surface area contributed by atoms with Gasteiger partial charge in [0.1, 0.15) is 0 Å². The van der Waals surface area contributed by atoms with E-state index in [1.807, 2.05) is 30.0 Å². The monoisotopic (exact) mass is 367 g/mol. The number of carbonyl (C=O) groups excluding carboxylic acids is 1. The van der Waals surface area contributed by atoms with Crippen LogP contribution in [0.3, 0.4) is 0 Å². The van der Waals surface area contributed by atoms with Gasteiger partial charge in [-0.2, -0.15) is 0 Å². The van der Waals surface area contributed by atoms with E-state index < -0.39 is 0 Å². The molecule has 0 aliphatic carbocycles. The molecule has 0 radical (unpaired) electrons. The number of halogens is 1. The molecule has 0 unspecified atom stereocenters. The van der Waals surface area contributed by atoms with Gasteiger partial charge in [-0.25, -0.2) is 4.79 Å². The topological polar surface area (TPSA) is 48.1 Å². The third-order valence-electron chi connectivity index (χ3n) is 5.23. The Bertz CT molecular complexity index is 979. The van der Waals surface area contributed by atoms with Crippen LogP contribution in [0.1, 0.15) is 36.2 Å². The molecule has 0 fully saturated rings. The fraction of sp³-hybridized carbons (Fsp3) is 0.286. The van der Waals surface area contributed by atoms with Crippen LogP contribution in [0.25, 0.3) is 10.9 Å². The van der Waals surface area contributed by atoms with Crippen molar-refractivity contribution in [1.82, 2.24) is 9.88 Å². The largest absolute Gasteiger partial charge is 0.356 e. The number of para-hydroxylation sites is 1. The van der Waals surface area contributed by atoms with E-state index in [1.165, 1.54) is 10.9 Å². The second kappa shape index (κ2) is 6.69. The SMILES string of the molecule is CC[C@H]1c2[nH]c3ccccc3c2CCN1C(=O)Nc1ccc(C)c(Cl)c1. The Kier molecular flexibility index (Phi) is 4.37. The van der Waals surface area contributed by atoms with Crippen molar-refractivity contribution in [3.8, 4) is 0 Å². The smallest absolute Gasteiger partial charge is 0.322 e. The summed E-state index contributed by atoms with van der Waals surface area (Å²) < 4.78 is 0. The predicted octanol–water partition coefficient (Wildman–Crippen LogP) is 5.67. The first-order valence-corrected chi connectivity index (χ1v) is 9.39. The zero-order valence-electron chi connectivity index (χ0n) is 15.0. The van der Waals surface area contributed by atoms with Crippen molar-refractivity contribution in [2.45, 2.75) is 32.7 Å². The number of aromatic amines is 1. The minimum atomic E-state index is -0.0823. The molecule has 3 aromatic rings. The van der Waals surface area contributed by atoms with E-state index in [9.17, 15) is 4.79 Å². The summed E-state index contributed by atoms with van der Waals surface area (Å²) in [6.45, 7) is 4.77. The van der Waals surface area contributed by atoms with Crippen LogP contribution in [0.15, 0.2) is 42.5 Å². The highest BCUT2D eigenvalue weighted by atomic mass is 35.5. The van der Waals surface area contributed by atoms with Gasteiger partial charge in [0.2, 0.25) is 0 Å². The molecule has 2 heterocycles. The summed E-state index contributed by atoms with van der Waals surface area (Å²) in [5.74, 6) is 0. The number of carbonyl (C=O) groups is 1. The summed E-state index contributed by atoms with van der Waals surface area (Å²) in [5.41, 5.74) is 5.37. The van der Waals surface area contributed by atoms with E-state index in [1.54, 1.807) is 6.07 Å². The number of nitrogens with one attached hydrogen (secondary N) is 2. The van der Waals surface area contributed by atoms with Crippen LogP contribution in [0, 0.1) is 6.92 Å². The molecule has 0 bridgehead atoms. The van der Waals surface area contributed by atoms with Crippen LogP contribution in [0.4, 0.5) is 10.5 Å². The van der Waals surface area contributed by atoms with Gasteiger partial charge in [0, 0.05) is 33.9 Å². The molecule has 4 nitrogen and oxygen atoms in total. The van der Waals surface area contributed by atoms with Gasteiger partial charge in [-0.3, -0.25) is 0 Å². The minimum absolute atomic E-state index is 0.0482. The van der Waals surface area contributed by atoms with E-state index in [4.69, 9.17) is 11.6 Å². The summed E-state index contributed by atoms with van der Waals surface area (Å²) >= 11 is 6.18. The van der Waals surface area contributed by atoms with Crippen molar-refractivity contribution in [2.24, 2.45) is 0 Å². The number of urea groups is 1. The fourth-order valence-electron chi connectivity index (χ4n) is 3.85. The van der Waals surface area contributed by atoms with Crippen LogP contribution in [0.2, 0.25) is 5.02 Å². The molecule has 5 heteroatoms. The highest BCUT2D eigenvalue weighted by Crippen LogP contribution is 2.36. The summed E-state index contributed by atoms with van der Waals surface area (Å²) in [6, 6.07) is 13.9. The maximum atomic E-state index is 12.9. The number of aromatic nitrogens is 1. The van der Waals surface area contributed by atoms with Crippen molar-refractivity contribution >= 4 is 34.2 Å². The Balaban J connectivity index is 1.62. The van der Waals surface area contributed by atoms with Crippen LogP contribution in [0.5, 0.6) is 0 Å². The number of amides is 2. The predicted molar refractivity (Wildman–Crippen MR) is 107 cm³/mol. The van der Waals surface area contributed by atoms with Gasteiger partial charge in [0.25, 0.3) is 0 Å². The quantitative estimate of drug-likeness (QED) is 0.602. The second-order valence-electron chi connectivity index (χ2n) is 6.82. The molecule has 0 spiro atoms. The fourth-order valence-corrected chi connectivity index (χ4v) is 4.03. The van der Waals surface area contributed by atoms with Crippen LogP contribution < -0.4 is 5.32 Å². The first-order chi connectivity index (χ1) is 12.6. The number of H-pyrrole nitrogens is 1. The first kappa shape index (κ1) is 17.0. The molecule has 134 valence electrons. The molecule has 2 amide bonds. The minimum Gasteiger partial charge on any atom is -0.356 e. The molecule has 1 aliphatic heterocycles. The number of hydrogen-bond acceptors (Lipinski definition) is 1. The maximum absolute atomic E-state index is 12.9. The van der Waals surface area contributed by atoms with Crippen molar-refractivity contribution in [2.75, 3.05) is 11.9 Å². The Hall–Kier alpha value is -2.46. The standard InChI is InChI=1S/C21H22ClN3O/c1-3-19-20-16(15-6-4-5-7-18(15)24-20)10-11-25(19)21(26)23-14-9-8-13(2)17(22)12-14/h4-9,12,19,24H,3,10-11H2,1-2H3,(H,23,26)/t19-/m0/s1. The Morgan fingerprint density at radius 1 is 1.31 bits per heavy atom. The average Bonchev–Trinajstić information content (AvgIpc) is 3.02. The normalized spacial score (nSPS) is 16.6. The Morgan fingerprint density at radius 2 is 2.12 bits per heavy atom. The van der Waals surface area contributed by atoms with E-state index in [2.05, 4.69) is 35.4 Å². The molecular formula is C21H22ClN3O. The molecule has 26 heavy (non-hydrogen) atoms. The van der Waals surface area contributed by atoms with Gasteiger partial charge >= 0.3 is 6.03 Å². The summed E-state index contributed by atoms with van der Waals surface area (Å²) in [6.07, 6.45) is 1.72. The number of fused-ring (bicyclic) bond motifs is 3. The third-order valence-corrected chi connectivity index (χ3v) is 5.64. The number of anilines is 1. The molecule has 0 saturated carbocycles. The van der Waals surface area contributed by atoms with Crippen molar-refractivity contribution in [1.29, 1.82) is 0 Å². The van der Waals surface area contributed by atoms with Gasteiger partial charge in [0.15, 0.2) is 0 Å². The molecule has 1 aliphatic rings. The van der Waals surface area contributed by atoms with E-state index in [0.717, 1.165) is 35.3 Å². The molecule has 1 aromatic heterocycles. The van der Waals surface area contributed by atoms with E-state index in [-0.39, 0.29) is 12.1 Å². The zero-order chi connectivity index (χ0) is 18.3. The summed E-state index contributed by atoms with van der Waals surface area (Å²) in [4.78, 5) is 18.4. The van der Waals surface area contributed by atoms with Gasteiger partial charge in [0.05, 0.1) is 6.04 Å². The highest BCUT2D eigenvalue weighted by molar-refractivity contribution is 6.31. The Morgan fingerprint density at radius 3 is 2.88 bits per heavy atom. The van der Waals surface area contributed by atoms with Gasteiger partial charge < -0.3 is 15.2 Å². The molecule has 1 atom stereocenters. The van der Waals surface area contributed by atoms with Crippen molar-refractivity contribution in [3.63, 3.8) is 0 Å². The number of aryl methyl sites for hydroxylation is 1. The lowest BCUT2D eigenvalue weighted by Gasteiger charge is -2.35. The van der Waals surface area contributed by atoms with E-state index >= 15 is 0 Å². The number of rotatable bonds is 2. The third kappa shape index (κ3) is 2.84. The molecule has 0 saturated heterocycles. The zero-order valence-corrected chi connectivity index (χ0v) is 15.7. The molecule has 2 N–H and O–H groups in total. The van der Waals surface area contributed by atoms with Crippen LogP contribution in [-0.4, -0.2) is 22.5 Å². The molecule has 4 rings (SSSR count). The van der Waals surface area contributed by atoms with Crippen LogP contribution >= 0.6 is 11.6 Å². The second-order valence-corrected chi connectivity index (χ2v) is 7.23. The van der Waals surface area contributed by atoms with Gasteiger partial charge in [-0.05, 0) is 49.1 Å².